The highest BCUT2D eigenvalue weighted by Crippen LogP contribution is 2.24. The Labute approximate surface area is 123 Å². The molecule has 20 heavy (non-hydrogen) atoms. The lowest BCUT2D eigenvalue weighted by atomic mass is 9.82. The van der Waals surface area contributed by atoms with Crippen LogP contribution in [0.4, 0.5) is 0 Å². The van der Waals surface area contributed by atoms with E-state index in [1.165, 1.54) is 17.4 Å². The number of thiophene rings is 1. The van der Waals surface area contributed by atoms with Crippen molar-refractivity contribution in [3.8, 4) is 0 Å². The van der Waals surface area contributed by atoms with E-state index in [2.05, 4.69) is 33.0 Å². The summed E-state index contributed by atoms with van der Waals surface area (Å²) in [5, 5.41) is 11.5. The van der Waals surface area contributed by atoms with Crippen molar-refractivity contribution in [2.45, 2.75) is 27.7 Å². The molecule has 1 heterocycles. The van der Waals surface area contributed by atoms with Crippen LogP contribution in [0.1, 0.15) is 42.2 Å². The zero-order chi connectivity index (χ0) is 15.3. The summed E-state index contributed by atoms with van der Waals surface area (Å²) >= 11 is 1.28. The average molecular weight is 295 g/mol. The molecule has 0 aliphatic carbocycles. The van der Waals surface area contributed by atoms with Crippen LogP contribution in [0, 0.1) is 11.3 Å². The smallest absolute Gasteiger partial charge is 0.328 e. The Morgan fingerprint density at radius 3 is 2.60 bits per heavy atom. The van der Waals surface area contributed by atoms with Crippen molar-refractivity contribution >= 4 is 29.3 Å². The number of nitrogens with one attached hydrogen (secondary N) is 1. The predicted octanol–water partition coefficient (Wildman–Crippen LogP) is 3.26. The summed E-state index contributed by atoms with van der Waals surface area (Å²) < 4.78 is 0. The summed E-state index contributed by atoms with van der Waals surface area (Å²) in [7, 11) is 0. The monoisotopic (exact) mass is 295 g/mol. The van der Waals surface area contributed by atoms with E-state index in [4.69, 9.17) is 5.11 Å². The minimum atomic E-state index is -0.997. The maximum Gasteiger partial charge on any atom is 0.328 e. The number of rotatable bonds is 5. The van der Waals surface area contributed by atoms with Crippen molar-refractivity contribution in [2.24, 2.45) is 11.3 Å². The van der Waals surface area contributed by atoms with E-state index in [-0.39, 0.29) is 11.3 Å². The fraction of sp³-hybridized carbons (Fsp3) is 0.467. The number of amides is 1. The molecule has 110 valence electrons. The van der Waals surface area contributed by atoms with E-state index in [0.717, 1.165) is 11.0 Å². The molecule has 0 spiro atoms. The van der Waals surface area contributed by atoms with E-state index < -0.39 is 5.97 Å². The van der Waals surface area contributed by atoms with Crippen LogP contribution >= 0.6 is 11.3 Å². The summed E-state index contributed by atoms with van der Waals surface area (Å²) in [6, 6.07) is 3.45. The highest BCUT2D eigenvalue weighted by atomic mass is 32.1. The Kier molecular flexibility index (Phi) is 5.51. The van der Waals surface area contributed by atoms with E-state index >= 15 is 0 Å². The van der Waals surface area contributed by atoms with Gasteiger partial charge in [-0.3, -0.25) is 4.79 Å². The third-order valence-electron chi connectivity index (χ3n) is 3.29. The van der Waals surface area contributed by atoms with Gasteiger partial charge in [-0.05, 0) is 29.5 Å². The highest BCUT2D eigenvalue weighted by molar-refractivity contribution is 7.14. The zero-order valence-corrected chi connectivity index (χ0v) is 13.1. The maximum absolute atomic E-state index is 12.0. The van der Waals surface area contributed by atoms with Crippen LogP contribution in [0.3, 0.4) is 0 Å². The summed E-state index contributed by atoms with van der Waals surface area (Å²) in [5.74, 6) is -0.734. The lowest BCUT2D eigenvalue weighted by Gasteiger charge is -2.27. The molecule has 0 saturated heterocycles. The molecule has 0 aromatic carbocycles. The topological polar surface area (TPSA) is 66.4 Å². The van der Waals surface area contributed by atoms with Gasteiger partial charge >= 0.3 is 5.97 Å². The molecule has 1 unspecified atom stereocenters. The Morgan fingerprint density at radius 1 is 1.40 bits per heavy atom. The highest BCUT2D eigenvalue weighted by Gasteiger charge is 2.20. The molecule has 1 aromatic rings. The molecule has 1 atom stereocenters. The van der Waals surface area contributed by atoms with E-state index in [9.17, 15) is 9.59 Å². The Hall–Kier alpha value is -1.62. The number of carbonyl (C=O) groups is 2. The molecule has 0 aliphatic heterocycles. The largest absolute Gasteiger partial charge is 0.478 e. The van der Waals surface area contributed by atoms with E-state index in [0.29, 0.717) is 17.3 Å². The minimum absolute atomic E-state index is 0.110. The molecule has 4 nitrogen and oxygen atoms in total. The minimum Gasteiger partial charge on any atom is -0.478 e. The van der Waals surface area contributed by atoms with Crippen molar-refractivity contribution in [2.75, 3.05) is 6.54 Å². The van der Waals surface area contributed by atoms with Crippen molar-refractivity contribution in [3.63, 3.8) is 0 Å². The molecular weight excluding hydrogens is 274 g/mol. The third-order valence-corrected chi connectivity index (χ3v) is 4.34. The van der Waals surface area contributed by atoms with Gasteiger partial charge < -0.3 is 10.4 Å². The van der Waals surface area contributed by atoms with Crippen LogP contribution in [-0.2, 0) is 4.79 Å². The van der Waals surface area contributed by atoms with E-state index in [1.807, 2.05) is 0 Å². The standard InChI is InChI=1S/C15H21NO3S/c1-10(15(2,3)4)9-16-14(19)12-7-5-11(20-12)6-8-13(17)18/h5-8,10H,9H2,1-4H3,(H,16,19)(H,17,18)/b8-6+. The van der Waals surface area contributed by atoms with Gasteiger partial charge in [0.05, 0.1) is 4.88 Å². The number of carboxylic acids is 1. The first-order valence-corrected chi connectivity index (χ1v) is 7.31. The van der Waals surface area contributed by atoms with Crippen LogP contribution in [-0.4, -0.2) is 23.5 Å². The number of hydrogen-bond acceptors (Lipinski definition) is 3. The van der Waals surface area contributed by atoms with Crippen LogP contribution in [0.15, 0.2) is 18.2 Å². The van der Waals surface area contributed by atoms with Crippen LogP contribution in [0.2, 0.25) is 0 Å². The molecule has 5 heteroatoms. The zero-order valence-electron chi connectivity index (χ0n) is 12.3. The molecule has 0 bridgehead atoms. The quantitative estimate of drug-likeness (QED) is 0.819. The van der Waals surface area contributed by atoms with Crippen LogP contribution in [0.25, 0.3) is 6.08 Å². The van der Waals surface area contributed by atoms with Gasteiger partial charge in [0.15, 0.2) is 0 Å². The molecule has 2 N–H and O–H groups in total. The number of hydrogen-bond donors (Lipinski definition) is 2. The molecule has 1 aromatic heterocycles. The molecule has 1 rings (SSSR count). The Morgan fingerprint density at radius 2 is 2.05 bits per heavy atom. The Balaban J connectivity index is 2.59. The summed E-state index contributed by atoms with van der Waals surface area (Å²) in [4.78, 5) is 23.8. The number of aliphatic carboxylic acids is 1. The maximum atomic E-state index is 12.0. The second-order valence-electron chi connectivity index (χ2n) is 5.85. The van der Waals surface area contributed by atoms with Gasteiger partial charge in [-0.25, -0.2) is 4.79 Å². The van der Waals surface area contributed by atoms with Crippen LogP contribution in [0.5, 0.6) is 0 Å². The average Bonchev–Trinajstić information content (AvgIpc) is 2.80. The fourth-order valence-electron chi connectivity index (χ4n) is 1.36. The van der Waals surface area contributed by atoms with Gasteiger partial charge in [0.25, 0.3) is 5.91 Å². The third kappa shape index (κ3) is 5.17. The van der Waals surface area contributed by atoms with Gasteiger partial charge in [0.1, 0.15) is 0 Å². The van der Waals surface area contributed by atoms with Gasteiger partial charge in [-0.15, -0.1) is 11.3 Å². The van der Waals surface area contributed by atoms with Gasteiger partial charge in [0, 0.05) is 17.5 Å². The van der Waals surface area contributed by atoms with Gasteiger partial charge in [-0.2, -0.15) is 0 Å². The first-order chi connectivity index (χ1) is 9.20. The molecule has 1 amide bonds. The fourth-order valence-corrected chi connectivity index (χ4v) is 2.18. The normalized spacial score (nSPS) is 13.4. The summed E-state index contributed by atoms with van der Waals surface area (Å²) in [6.07, 6.45) is 2.55. The van der Waals surface area contributed by atoms with Gasteiger partial charge in [0.2, 0.25) is 0 Å². The molecule has 0 saturated carbocycles. The summed E-state index contributed by atoms with van der Waals surface area (Å²) in [5.41, 5.74) is 0.151. The number of carbonyl (C=O) groups excluding carboxylic acids is 1. The number of carboxylic acid groups (broad SMARTS) is 1. The van der Waals surface area contributed by atoms with Crippen molar-refractivity contribution in [3.05, 3.63) is 28.0 Å². The first-order valence-electron chi connectivity index (χ1n) is 6.49. The van der Waals surface area contributed by atoms with Crippen molar-refractivity contribution < 1.29 is 14.7 Å². The lowest BCUT2D eigenvalue weighted by molar-refractivity contribution is -0.131. The molecule has 0 fully saturated rings. The van der Waals surface area contributed by atoms with Crippen molar-refractivity contribution in [1.29, 1.82) is 0 Å². The van der Waals surface area contributed by atoms with E-state index in [1.54, 1.807) is 12.1 Å². The second kappa shape index (κ2) is 6.70. The summed E-state index contributed by atoms with van der Waals surface area (Å²) in [6.45, 7) is 9.16. The molecule has 0 aliphatic rings. The Bertz CT molecular complexity index is 511. The lowest BCUT2D eigenvalue weighted by Crippen LogP contribution is -2.33. The molecular formula is C15H21NO3S. The van der Waals surface area contributed by atoms with Gasteiger partial charge in [-0.1, -0.05) is 27.7 Å². The first kappa shape index (κ1) is 16.4. The predicted molar refractivity (Wildman–Crippen MR) is 81.9 cm³/mol. The van der Waals surface area contributed by atoms with Crippen LogP contribution < -0.4 is 5.32 Å². The SMILES string of the molecule is CC(CNC(=O)c1ccc(/C=C/C(=O)O)s1)C(C)(C)C. The van der Waals surface area contributed by atoms with Crippen molar-refractivity contribution in [1.82, 2.24) is 5.32 Å². The molecule has 0 radical (unpaired) electrons. The second-order valence-corrected chi connectivity index (χ2v) is 6.97.